The molecule has 0 amide bonds. The Kier molecular flexibility index (Phi) is 7.42. The van der Waals surface area contributed by atoms with Gasteiger partial charge in [-0.3, -0.25) is 4.79 Å². The number of nitrogens with one attached hydrogen (secondary N) is 1. The van der Waals surface area contributed by atoms with Gasteiger partial charge in [0.05, 0.1) is 19.6 Å². The predicted octanol–water partition coefficient (Wildman–Crippen LogP) is 5.82. The first-order chi connectivity index (χ1) is 17.6. The molecule has 0 spiro atoms. The lowest BCUT2D eigenvalue weighted by molar-refractivity contribution is -0.137. The maximum absolute atomic E-state index is 11.1. The highest BCUT2D eigenvalue weighted by Crippen LogP contribution is 2.38. The normalized spacial score (nSPS) is 15.8. The molecule has 6 heteroatoms. The van der Waals surface area contributed by atoms with Crippen LogP contribution in [-0.4, -0.2) is 37.5 Å². The van der Waals surface area contributed by atoms with E-state index in [9.17, 15) is 4.79 Å². The summed E-state index contributed by atoms with van der Waals surface area (Å²) in [6.07, 6.45) is 3.32. The minimum Gasteiger partial charge on any atom is -0.493 e. The van der Waals surface area contributed by atoms with E-state index in [1.807, 2.05) is 25.1 Å². The third-order valence-electron chi connectivity index (χ3n) is 6.94. The Balaban J connectivity index is 1.29. The van der Waals surface area contributed by atoms with Crippen molar-refractivity contribution in [2.75, 3.05) is 31.7 Å². The highest BCUT2D eigenvalue weighted by atomic mass is 16.5. The summed E-state index contributed by atoms with van der Waals surface area (Å²) in [4.78, 5) is 11.1. The maximum Gasteiger partial charge on any atom is 0.304 e. The van der Waals surface area contributed by atoms with Crippen LogP contribution < -0.4 is 14.8 Å². The summed E-state index contributed by atoms with van der Waals surface area (Å²) < 4.78 is 17.0. The summed E-state index contributed by atoms with van der Waals surface area (Å²) in [6, 6.07) is 19.2. The lowest BCUT2D eigenvalue weighted by Crippen LogP contribution is -2.07. The van der Waals surface area contributed by atoms with Crippen molar-refractivity contribution in [1.29, 1.82) is 0 Å². The number of hydrogen-bond acceptors (Lipinski definition) is 5. The van der Waals surface area contributed by atoms with Crippen molar-refractivity contribution in [3.05, 3.63) is 76.9 Å². The van der Waals surface area contributed by atoms with E-state index in [-0.39, 0.29) is 12.3 Å². The zero-order valence-corrected chi connectivity index (χ0v) is 20.7. The Morgan fingerprint density at radius 2 is 1.92 bits per heavy atom. The standard InChI is InChI=1S/C30H33NO5/c1-2-34-12-13-35-25-9-11-26-22(15-25)5-3-4-21-7-6-20(14-28(21)26)18-31-24-8-10-27-23(16-30(32)33)19-36-29(27)17-24/h6-11,14-15,17,23,31H,2-5,12-13,16,18-19H2,1H3,(H,32,33)/t23-/m1/s1. The molecule has 0 aromatic heterocycles. The van der Waals surface area contributed by atoms with Crippen LogP contribution >= 0.6 is 0 Å². The summed E-state index contributed by atoms with van der Waals surface area (Å²) >= 11 is 0. The molecule has 2 N–H and O–H groups in total. The molecule has 1 aliphatic heterocycles. The first kappa shape index (κ1) is 24.2. The van der Waals surface area contributed by atoms with Crippen LogP contribution in [0.4, 0.5) is 5.69 Å². The minimum atomic E-state index is -0.797. The molecule has 188 valence electrons. The smallest absolute Gasteiger partial charge is 0.304 e. The SMILES string of the molecule is CCOCCOc1ccc2c(c1)CCCc1ccc(CNc3ccc4c(c3)OC[C@H]4CC(=O)O)cc1-2. The second kappa shape index (κ2) is 11.0. The Labute approximate surface area is 212 Å². The van der Waals surface area contributed by atoms with Gasteiger partial charge in [0, 0.05) is 36.4 Å². The molecule has 2 aliphatic rings. The zero-order valence-electron chi connectivity index (χ0n) is 20.7. The van der Waals surface area contributed by atoms with Gasteiger partial charge < -0.3 is 24.6 Å². The van der Waals surface area contributed by atoms with E-state index in [1.54, 1.807) is 0 Å². The van der Waals surface area contributed by atoms with Gasteiger partial charge in [-0.15, -0.1) is 0 Å². The van der Waals surface area contributed by atoms with Gasteiger partial charge in [0.1, 0.15) is 18.1 Å². The van der Waals surface area contributed by atoms with Crippen LogP contribution in [0.3, 0.4) is 0 Å². The molecule has 3 aromatic carbocycles. The predicted molar refractivity (Wildman–Crippen MR) is 140 cm³/mol. The van der Waals surface area contributed by atoms with Crippen LogP contribution in [0.15, 0.2) is 54.6 Å². The van der Waals surface area contributed by atoms with Gasteiger partial charge in [0.15, 0.2) is 0 Å². The fourth-order valence-corrected chi connectivity index (χ4v) is 5.13. The van der Waals surface area contributed by atoms with Crippen molar-refractivity contribution in [3.63, 3.8) is 0 Å². The molecular weight excluding hydrogens is 454 g/mol. The number of rotatable bonds is 10. The first-order valence-corrected chi connectivity index (χ1v) is 12.8. The molecule has 0 bridgehead atoms. The summed E-state index contributed by atoms with van der Waals surface area (Å²) in [7, 11) is 0. The molecule has 1 heterocycles. The second-order valence-corrected chi connectivity index (χ2v) is 9.42. The Bertz CT molecular complexity index is 1240. The van der Waals surface area contributed by atoms with E-state index >= 15 is 0 Å². The lowest BCUT2D eigenvalue weighted by Gasteiger charge is -2.14. The van der Waals surface area contributed by atoms with E-state index in [1.165, 1.54) is 27.8 Å². The van der Waals surface area contributed by atoms with Crippen molar-refractivity contribution in [2.45, 2.75) is 45.1 Å². The molecule has 0 saturated heterocycles. The molecule has 0 radical (unpaired) electrons. The van der Waals surface area contributed by atoms with E-state index in [0.29, 0.717) is 33.0 Å². The van der Waals surface area contributed by atoms with Crippen molar-refractivity contribution < 1.29 is 24.1 Å². The third-order valence-corrected chi connectivity index (χ3v) is 6.94. The molecule has 1 atom stereocenters. The largest absolute Gasteiger partial charge is 0.493 e. The number of hydrogen-bond donors (Lipinski definition) is 2. The van der Waals surface area contributed by atoms with Crippen molar-refractivity contribution in [2.24, 2.45) is 0 Å². The number of anilines is 1. The van der Waals surface area contributed by atoms with E-state index < -0.39 is 5.97 Å². The highest BCUT2D eigenvalue weighted by Gasteiger charge is 2.26. The number of benzene rings is 3. The van der Waals surface area contributed by atoms with Crippen LogP contribution in [0.25, 0.3) is 11.1 Å². The van der Waals surface area contributed by atoms with Crippen LogP contribution in [-0.2, 0) is 28.9 Å². The molecule has 5 rings (SSSR count). The van der Waals surface area contributed by atoms with Crippen LogP contribution in [0, 0.1) is 0 Å². The van der Waals surface area contributed by atoms with E-state index in [4.69, 9.17) is 19.3 Å². The number of aliphatic carboxylic acids is 1. The van der Waals surface area contributed by atoms with Gasteiger partial charge in [0.25, 0.3) is 0 Å². The monoisotopic (exact) mass is 487 g/mol. The number of carboxylic acid groups (broad SMARTS) is 1. The topological polar surface area (TPSA) is 77.0 Å². The third kappa shape index (κ3) is 5.49. The highest BCUT2D eigenvalue weighted by molar-refractivity contribution is 5.73. The fourth-order valence-electron chi connectivity index (χ4n) is 5.13. The maximum atomic E-state index is 11.1. The number of carbonyl (C=O) groups is 1. The first-order valence-electron chi connectivity index (χ1n) is 12.8. The summed E-state index contributed by atoms with van der Waals surface area (Å²) in [6.45, 7) is 4.98. The molecule has 1 aliphatic carbocycles. The average molecular weight is 488 g/mol. The number of carboxylic acids is 1. The van der Waals surface area contributed by atoms with Gasteiger partial charge >= 0.3 is 5.97 Å². The zero-order chi connectivity index (χ0) is 24.9. The molecule has 6 nitrogen and oxygen atoms in total. The Hall–Kier alpha value is -3.51. The van der Waals surface area contributed by atoms with E-state index in [0.717, 1.165) is 42.0 Å². The van der Waals surface area contributed by atoms with Crippen LogP contribution in [0.2, 0.25) is 0 Å². The molecular formula is C30H33NO5. The number of ether oxygens (including phenoxy) is 3. The fraction of sp³-hybridized carbons (Fsp3) is 0.367. The summed E-state index contributed by atoms with van der Waals surface area (Å²) in [5.41, 5.74) is 8.47. The van der Waals surface area contributed by atoms with Crippen LogP contribution in [0.1, 0.15) is 47.9 Å². The second-order valence-electron chi connectivity index (χ2n) is 9.42. The summed E-state index contributed by atoms with van der Waals surface area (Å²) in [5, 5.41) is 12.6. The summed E-state index contributed by atoms with van der Waals surface area (Å²) in [5.74, 6) is 0.807. The molecule has 3 aromatic rings. The minimum absolute atomic E-state index is 0.0770. The van der Waals surface area contributed by atoms with Crippen molar-refractivity contribution >= 4 is 11.7 Å². The molecule has 0 unspecified atom stereocenters. The number of aryl methyl sites for hydroxylation is 2. The Morgan fingerprint density at radius 3 is 2.78 bits per heavy atom. The van der Waals surface area contributed by atoms with Gasteiger partial charge in [-0.2, -0.15) is 0 Å². The van der Waals surface area contributed by atoms with Crippen molar-refractivity contribution in [3.8, 4) is 22.6 Å². The van der Waals surface area contributed by atoms with Gasteiger partial charge in [-0.05, 0) is 78.3 Å². The molecule has 36 heavy (non-hydrogen) atoms. The van der Waals surface area contributed by atoms with E-state index in [2.05, 4.69) is 41.7 Å². The lowest BCUT2D eigenvalue weighted by atomic mass is 9.94. The number of fused-ring (bicyclic) bond motifs is 4. The van der Waals surface area contributed by atoms with Gasteiger partial charge in [-0.1, -0.05) is 24.3 Å². The molecule has 0 saturated carbocycles. The Morgan fingerprint density at radius 1 is 1.03 bits per heavy atom. The quantitative estimate of drug-likeness (QED) is 0.351. The molecule has 0 fully saturated rings. The van der Waals surface area contributed by atoms with Crippen LogP contribution in [0.5, 0.6) is 11.5 Å². The van der Waals surface area contributed by atoms with Crippen molar-refractivity contribution in [1.82, 2.24) is 0 Å². The van der Waals surface area contributed by atoms with Gasteiger partial charge in [-0.25, -0.2) is 0 Å². The average Bonchev–Trinajstić information content (AvgIpc) is 3.17. The van der Waals surface area contributed by atoms with Gasteiger partial charge in [0.2, 0.25) is 0 Å².